The zero-order valence-corrected chi connectivity index (χ0v) is 20.1. The van der Waals surface area contributed by atoms with Crippen molar-refractivity contribution in [1.82, 2.24) is 8.87 Å². The van der Waals surface area contributed by atoms with Crippen LogP contribution in [0.25, 0.3) is 10.2 Å². The zero-order chi connectivity index (χ0) is 22.9. The van der Waals surface area contributed by atoms with Gasteiger partial charge in [0.05, 0.1) is 28.8 Å². The van der Waals surface area contributed by atoms with Gasteiger partial charge in [-0.15, -0.1) is 11.3 Å². The van der Waals surface area contributed by atoms with E-state index in [4.69, 9.17) is 4.74 Å². The fraction of sp³-hybridized carbons (Fsp3) is 0.381. The maximum absolute atomic E-state index is 13.0. The van der Waals surface area contributed by atoms with Crippen molar-refractivity contribution in [3.8, 4) is 0 Å². The van der Waals surface area contributed by atoms with E-state index in [1.807, 2.05) is 17.6 Å². The van der Waals surface area contributed by atoms with Gasteiger partial charge in [-0.3, -0.25) is 4.79 Å². The van der Waals surface area contributed by atoms with Crippen molar-refractivity contribution in [2.45, 2.75) is 30.5 Å². The minimum atomic E-state index is -3.60. The average molecular weight is 494 g/mol. The highest BCUT2D eigenvalue weighted by molar-refractivity contribution is 7.91. The van der Waals surface area contributed by atoms with Crippen molar-refractivity contribution in [3.63, 3.8) is 0 Å². The third-order valence-corrected chi connectivity index (χ3v) is 9.73. The van der Waals surface area contributed by atoms with E-state index >= 15 is 0 Å². The number of thiophene rings is 1. The number of thiazole rings is 1. The van der Waals surface area contributed by atoms with Gasteiger partial charge in [0.1, 0.15) is 4.21 Å². The zero-order valence-electron chi connectivity index (χ0n) is 17.7. The van der Waals surface area contributed by atoms with Crippen LogP contribution in [-0.4, -0.2) is 49.4 Å². The van der Waals surface area contributed by atoms with Crippen LogP contribution in [-0.2, 0) is 26.1 Å². The Bertz CT molecular complexity index is 1320. The van der Waals surface area contributed by atoms with Crippen LogP contribution in [0.5, 0.6) is 0 Å². The Labute approximate surface area is 193 Å². The Morgan fingerprint density at radius 1 is 1.28 bits per heavy atom. The molecule has 1 aromatic carbocycles. The fourth-order valence-electron chi connectivity index (χ4n) is 3.79. The smallest absolute Gasteiger partial charge is 0.337 e. The van der Waals surface area contributed by atoms with Crippen molar-refractivity contribution in [1.29, 1.82) is 0 Å². The van der Waals surface area contributed by atoms with Gasteiger partial charge in [0, 0.05) is 19.6 Å². The van der Waals surface area contributed by atoms with E-state index in [1.165, 1.54) is 34.1 Å². The molecule has 4 rings (SSSR count). The molecule has 3 heterocycles. The number of hydrogen-bond acceptors (Lipinski definition) is 7. The van der Waals surface area contributed by atoms with E-state index in [0.29, 0.717) is 36.3 Å². The quantitative estimate of drug-likeness (QED) is 0.509. The normalized spacial score (nSPS) is 18.2. The minimum Gasteiger partial charge on any atom is -0.465 e. The summed E-state index contributed by atoms with van der Waals surface area (Å²) in [6.07, 6.45) is 1.21. The number of carbonyl (C=O) groups excluding carboxylic acids is 2. The maximum Gasteiger partial charge on any atom is 0.337 e. The molecule has 3 aromatic rings. The molecule has 0 saturated carbocycles. The number of piperidine rings is 1. The molecular weight excluding hydrogens is 470 g/mol. The van der Waals surface area contributed by atoms with E-state index in [2.05, 4.69) is 4.99 Å². The van der Waals surface area contributed by atoms with E-state index in [1.54, 1.807) is 29.6 Å². The largest absolute Gasteiger partial charge is 0.465 e. The van der Waals surface area contributed by atoms with E-state index in [0.717, 1.165) is 10.2 Å². The first-order valence-corrected chi connectivity index (χ1v) is 13.3. The molecule has 8 nitrogen and oxygen atoms in total. The van der Waals surface area contributed by atoms with Gasteiger partial charge in [-0.1, -0.05) is 17.4 Å². The number of ether oxygens (including phenoxy) is 1. The van der Waals surface area contributed by atoms with E-state index < -0.39 is 21.9 Å². The average Bonchev–Trinajstić information content (AvgIpc) is 3.46. The molecular formula is C21H23N3O5S3. The van der Waals surface area contributed by atoms with Crippen LogP contribution in [0.4, 0.5) is 0 Å². The van der Waals surface area contributed by atoms with Gasteiger partial charge in [0.15, 0.2) is 4.80 Å². The summed E-state index contributed by atoms with van der Waals surface area (Å²) < 4.78 is 34.9. The summed E-state index contributed by atoms with van der Waals surface area (Å²) in [4.78, 5) is 29.8. The highest BCUT2D eigenvalue weighted by Gasteiger charge is 2.33. The summed E-state index contributed by atoms with van der Waals surface area (Å²) in [6.45, 7) is 3.09. The molecule has 11 heteroatoms. The first kappa shape index (κ1) is 22.8. The Balaban J connectivity index is 1.63. The second-order valence-electron chi connectivity index (χ2n) is 7.39. The maximum atomic E-state index is 13.0. The van der Waals surface area contributed by atoms with Crippen LogP contribution in [0.2, 0.25) is 0 Å². The number of fused-ring (bicyclic) bond motifs is 1. The van der Waals surface area contributed by atoms with E-state index in [-0.39, 0.29) is 16.7 Å². The molecule has 1 saturated heterocycles. The van der Waals surface area contributed by atoms with Gasteiger partial charge in [0.25, 0.3) is 15.9 Å². The highest BCUT2D eigenvalue weighted by Crippen LogP contribution is 2.27. The molecule has 32 heavy (non-hydrogen) atoms. The second-order valence-corrected chi connectivity index (χ2v) is 11.5. The molecule has 2 aromatic heterocycles. The molecule has 0 N–H and O–H groups in total. The molecule has 0 aliphatic carbocycles. The van der Waals surface area contributed by atoms with Gasteiger partial charge in [-0.25, -0.2) is 13.2 Å². The summed E-state index contributed by atoms with van der Waals surface area (Å²) in [5.74, 6) is -1.23. The van der Waals surface area contributed by atoms with E-state index in [9.17, 15) is 18.0 Å². The predicted octanol–water partition coefficient (Wildman–Crippen LogP) is 3.10. The molecule has 170 valence electrons. The third kappa shape index (κ3) is 4.29. The van der Waals surface area contributed by atoms with Crippen molar-refractivity contribution in [3.05, 3.63) is 46.1 Å². The number of hydrogen-bond donors (Lipinski definition) is 0. The van der Waals surface area contributed by atoms with Crippen molar-refractivity contribution in [2.24, 2.45) is 10.9 Å². The summed E-state index contributed by atoms with van der Waals surface area (Å²) in [5, 5.41) is 1.73. The lowest BCUT2D eigenvalue weighted by molar-refractivity contribution is -0.122. The van der Waals surface area contributed by atoms with Crippen LogP contribution in [0.1, 0.15) is 30.1 Å². The Kier molecular flexibility index (Phi) is 6.61. The first-order valence-electron chi connectivity index (χ1n) is 10.2. The van der Waals surface area contributed by atoms with Crippen molar-refractivity contribution in [2.75, 3.05) is 20.2 Å². The van der Waals surface area contributed by atoms with Gasteiger partial charge < -0.3 is 9.30 Å². The Morgan fingerprint density at radius 2 is 2.09 bits per heavy atom. The van der Waals surface area contributed by atoms with Crippen LogP contribution < -0.4 is 4.80 Å². The lowest BCUT2D eigenvalue weighted by atomic mass is 9.99. The first-order chi connectivity index (χ1) is 15.3. The van der Waals surface area contributed by atoms with Crippen LogP contribution in [0, 0.1) is 5.92 Å². The number of sulfonamides is 1. The number of aromatic nitrogens is 1. The molecule has 0 spiro atoms. The topological polar surface area (TPSA) is 98.0 Å². The molecule has 1 amide bonds. The number of esters is 1. The highest BCUT2D eigenvalue weighted by atomic mass is 32.2. The number of benzene rings is 1. The number of amides is 1. The Morgan fingerprint density at radius 3 is 2.78 bits per heavy atom. The lowest BCUT2D eigenvalue weighted by Gasteiger charge is -2.29. The predicted molar refractivity (Wildman–Crippen MR) is 123 cm³/mol. The fourth-order valence-corrected chi connectivity index (χ4v) is 7.60. The Hall–Kier alpha value is -2.34. The number of methoxy groups -OCH3 is 1. The molecule has 0 radical (unpaired) electrons. The van der Waals surface area contributed by atoms with Gasteiger partial charge in [0.2, 0.25) is 0 Å². The van der Waals surface area contributed by atoms with Gasteiger partial charge in [-0.05, 0) is 49.4 Å². The molecule has 1 aliphatic heterocycles. The van der Waals surface area contributed by atoms with Crippen molar-refractivity contribution < 1.29 is 22.7 Å². The van der Waals surface area contributed by atoms with Crippen LogP contribution in [0.15, 0.2) is 44.9 Å². The lowest BCUT2D eigenvalue weighted by Crippen LogP contribution is -2.42. The number of carbonyl (C=O) groups is 2. The molecule has 1 aliphatic rings. The second kappa shape index (κ2) is 9.26. The van der Waals surface area contributed by atoms with Crippen LogP contribution >= 0.6 is 22.7 Å². The van der Waals surface area contributed by atoms with Gasteiger partial charge in [-0.2, -0.15) is 9.30 Å². The van der Waals surface area contributed by atoms with Crippen LogP contribution in [0.3, 0.4) is 0 Å². The molecule has 0 bridgehead atoms. The molecule has 1 unspecified atom stereocenters. The number of rotatable bonds is 5. The minimum absolute atomic E-state index is 0.131. The summed E-state index contributed by atoms with van der Waals surface area (Å²) in [6, 6.07) is 8.53. The summed E-state index contributed by atoms with van der Waals surface area (Å²) >= 11 is 2.50. The molecule has 1 fully saturated rings. The molecule has 1 atom stereocenters. The third-order valence-electron chi connectivity index (χ3n) is 5.45. The van der Waals surface area contributed by atoms with Crippen molar-refractivity contribution >= 4 is 54.8 Å². The monoisotopic (exact) mass is 493 g/mol. The standard InChI is InChI=1S/C21H23N3O5S3/c1-3-24-16-9-8-14(20(26)29-2)12-17(16)31-21(24)22-19(25)15-6-4-10-23(13-15)32(27,28)18-7-5-11-30-18/h5,7-9,11-12,15H,3-4,6,10,13H2,1-2H3. The number of aryl methyl sites for hydroxylation is 1. The van der Waals surface area contributed by atoms with Gasteiger partial charge >= 0.3 is 5.97 Å². The number of nitrogens with zero attached hydrogens (tertiary/aromatic N) is 3. The summed E-state index contributed by atoms with van der Waals surface area (Å²) in [7, 11) is -2.26. The SMILES string of the molecule is CCn1c(=NC(=O)C2CCCN(S(=O)(=O)c3cccs3)C2)sc2cc(C(=O)OC)ccc21. The summed E-state index contributed by atoms with van der Waals surface area (Å²) in [5.41, 5.74) is 1.31.